The number of nitrogens with zero attached hydrogens (tertiary/aromatic N) is 3. The van der Waals surface area contributed by atoms with E-state index in [0.29, 0.717) is 53.4 Å². The van der Waals surface area contributed by atoms with Gasteiger partial charge in [0.1, 0.15) is 6.54 Å². The number of benzene rings is 2. The lowest BCUT2D eigenvalue weighted by atomic mass is 9.98. The number of fused-ring (bicyclic) bond motifs is 2. The van der Waals surface area contributed by atoms with Crippen LogP contribution >= 0.6 is 0 Å². The normalized spacial score (nSPS) is 12.9. The lowest BCUT2D eigenvalue weighted by molar-refractivity contribution is -0.132. The molecule has 0 spiro atoms. The molecule has 0 atom stereocenters. The summed E-state index contributed by atoms with van der Waals surface area (Å²) in [5.41, 5.74) is 2.29. The molecule has 0 radical (unpaired) electrons. The Hall–Kier alpha value is -3.75. The molecule has 0 saturated heterocycles. The van der Waals surface area contributed by atoms with Crippen LogP contribution in [0.2, 0.25) is 0 Å². The first-order valence-electron chi connectivity index (χ1n) is 10.1. The van der Waals surface area contributed by atoms with Gasteiger partial charge in [-0.05, 0) is 35.7 Å². The second kappa shape index (κ2) is 8.78. The predicted octanol–water partition coefficient (Wildman–Crippen LogP) is 2.02. The van der Waals surface area contributed by atoms with Gasteiger partial charge in [0, 0.05) is 19.2 Å². The van der Waals surface area contributed by atoms with Crippen LogP contribution in [0.1, 0.15) is 11.1 Å². The van der Waals surface area contributed by atoms with E-state index < -0.39 is 0 Å². The van der Waals surface area contributed by atoms with Gasteiger partial charge in [0.25, 0.3) is 5.56 Å². The highest BCUT2D eigenvalue weighted by Gasteiger charge is 2.23. The van der Waals surface area contributed by atoms with Gasteiger partial charge in [-0.2, -0.15) is 0 Å². The molecule has 1 aliphatic heterocycles. The molecular weight excluding hydrogens is 414 g/mol. The van der Waals surface area contributed by atoms with Crippen LogP contribution in [0.15, 0.2) is 35.4 Å². The van der Waals surface area contributed by atoms with Gasteiger partial charge < -0.3 is 23.8 Å². The molecule has 0 fully saturated rings. The monoisotopic (exact) mass is 439 g/mol. The molecule has 2 aromatic carbocycles. The molecule has 1 amide bonds. The second-order valence-electron chi connectivity index (χ2n) is 7.44. The van der Waals surface area contributed by atoms with Crippen LogP contribution in [0.4, 0.5) is 0 Å². The molecule has 168 valence electrons. The first-order chi connectivity index (χ1) is 15.5. The van der Waals surface area contributed by atoms with Crippen LogP contribution in [-0.4, -0.2) is 55.3 Å². The standard InChI is InChI=1S/C23H25N3O6/c1-29-18-7-14-5-6-25(11-15(14)8-19(18)30-2)22(27)12-26-13-24-17-10-21(32-4)20(31-3)9-16(17)23(26)28/h7-10,13H,5-6,11-12H2,1-4H3. The van der Waals surface area contributed by atoms with E-state index in [9.17, 15) is 9.59 Å². The summed E-state index contributed by atoms with van der Waals surface area (Å²) in [6, 6.07) is 7.08. The van der Waals surface area contributed by atoms with E-state index >= 15 is 0 Å². The van der Waals surface area contributed by atoms with Gasteiger partial charge in [0.2, 0.25) is 5.91 Å². The average molecular weight is 439 g/mol. The lowest BCUT2D eigenvalue weighted by Gasteiger charge is -2.29. The first-order valence-corrected chi connectivity index (χ1v) is 10.1. The Morgan fingerprint density at radius 3 is 2.16 bits per heavy atom. The SMILES string of the molecule is COc1cc2c(cc1OC)CN(C(=O)Cn1cnc3cc(OC)c(OC)cc3c1=O)CC2. The summed E-state index contributed by atoms with van der Waals surface area (Å²) >= 11 is 0. The molecule has 0 bridgehead atoms. The van der Waals surface area contributed by atoms with Crippen molar-refractivity contribution < 1.29 is 23.7 Å². The number of carbonyl (C=O) groups excluding carboxylic acids is 1. The van der Waals surface area contributed by atoms with Crippen molar-refractivity contribution in [2.75, 3.05) is 35.0 Å². The zero-order valence-electron chi connectivity index (χ0n) is 18.5. The van der Waals surface area contributed by atoms with Crippen molar-refractivity contribution in [2.45, 2.75) is 19.5 Å². The molecule has 3 aromatic rings. The average Bonchev–Trinajstić information content (AvgIpc) is 2.83. The van der Waals surface area contributed by atoms with Gasteiger partial charge in [-0.25, -0.2) is 4.98 Å². The van der Waals surface area contributed by atoms with Gasteiger partial charge in [0.05, 0.1) is 45.7 Å². The minimum atomic E-state index is -0.312. The minimum absolute atomic E-state index is 0.0985. The van der Waals surface area contributed by atoms with Crippen LogP contribution in [0.25, 0.3) is 10.9 Å². The van der Waals surface area contributed by atoms with Crippen molar-refractivity contribution in [1.29, 1.82) is 0 Å². The van der Waals surface area contributed by atoms with Crippen molar-refractivity contribution in [3.63, 3.8) is 0 Å². The van der Waals surface area contributed by atoms with Crippen LogP contribution < -0.4 is 24.5 Å². The largest absolute Gasteiger partial charge is 0.493 e. The maximum Gasteiger partial charge on any atom is 0.261 e. The number of rotatable bonds is 6. The molecule has 9 heteroatoms. The zero-order valence-corrected chi connectivity index (χ0v) is 18.5. The highest BCUT2D eigenvalue weighted by molar-refractivity contribution is 5.82. The number of carbonyl (C=O) groups is 1. The van der Waals surface area contributed by atoms with Crippen molar-refractivity contribution in [1.82, 2.24) is 14.5 Å². The van der Waals surface area contributed by atoms with Crippen molar-refractivity contribution in [3.8, 4) is 23.0 Å². The Kier molecular flexibility index (Phi) is 5.89. The smallest absolute Gasteiger partial charge is 0.261 e. The Morgan fingerprint density at radius 2 is 1.50 bits per heavy atom. The van der Waals surface area contributed by atoms with E-state index in [2.05, 4.69) is 4.98 Å². The molecule has 0 unspecified atom stereocenters. The fourth-order valence-electron chi connectivity index (χ4n) is 3.94. The van der Waals surface area contributed by atoms with Crippen LogP contribution in [0, 0.1) is 0 Å². The highest BCUT2D eigenvalue weighted by atomic mass is 16.5. The number of ether oxygens (including phenoxy) is 4. The molecule has 0 saturated carbocycles. The molecule has 1 aliphatic rings. The van der Waals surface area contributed by atoms with Gasteiger partial charge >= 0.3 is 0 Å². The first kappa shape index (κ1) is 21.5. The second-order valence-corrected chi connectivity index (χ2v) is 7.44. The van der Waals surface area contributed by atoms with Gasteiger partial charge in [-0.15, -0.1) is 0 Å². The molecule has 1 aromatic heterocycles. The van der Waals surface area contributed by atoms with E-state index in [1.54, 1.807) is 31.3 Å². The van der Waals surface area contributed by atoms with Crippen LogP contribution in [-0.2, 0) is 24.3 Å². The van der Waals surface area contributed by atoms with Crippen molar-refractivity contribution in [2.24, 2.45) is 0 Å². The Morgan fingerprint density at radius 1 is 0.906 bits per heavy atom. The van der Waals surface area contributed by atoms with Gasteiger partial charge in [-0.3, -0.25) is 14.2 Å². The number of methoxy groups -OCH3 is 4. The number of hydrogen-bond donors (Lipinski definition) is 0. The summed E-state index contributed by atoms with van der Waals surface area (Å²) in [6.45, 7) is 0.899. The summed E-state index contributed by atoms with van der Waals surface area (Å²) in [5, 5.41) is 0.360. The Bertz CT molecular complexity index is 1240. The molecular formula is C23H25N3O6. The fourth-order valence-corrected chi connectivity index (χ4v) is 3.94. The Labute approximate surface area is 185 Å². The van der Waals surface area contributed by atoms with E-state index in [1.165, 1.54) is 25.1 Å². The van der Waals surface area contributed by atoms with E-state index in [0.717, 1.165) is 11.1 Å². The predicted molar refractivity (Wildman–Crippen MR) is 118 cm³/mol. The third-order valence-corrected chi connectivity index (χ3v) is 5.71. The topological polar surface area (TPSA) is 92.1 Å². The molecule has 4 rings (SSSR count). The summed E-state index contributed by atoms with van der Waals surface area (Å²) in [5.74, 6) is 2.06. The fraction of sp³-hybridized carbons (Fsp3) is 0.348. The van der Waals surface area contributed by atoms with Crippen LogP contribution in [0.5, 0.6) is 23.0 Å². The third kappa shape index (κ3) is 3.81. The number of hydrogen-bond acceptors (Lipinski definition) is 7. The maximum atomic E-state index is 13.0. The van der Waals surface area contributed by atoms with E-state index in [1.807, 2.05) is 12.1 Å². The molecule has 0 N–H and O–H groups in total. The zero-order chi connectivity index (χ0) is 22.8. The van der Waals surface area contributed by atoms with Crippen molar-refractivity contribution in [3.05, 3.63) is 52.1 Å². The summed E-state index contributed by atoms with van der Waals surface area (Å²) < 4.78 is 22.6. The summed E-state index contributed by atoms with van der Waals surface area (Å²) in [7, 11) is 6.20. The van der Waals surface area contributed by atoms with E-state index in [4.69, 9.17) is 18.9 Å². The lowest BCUT2D eigenvalue weighted by Crippen LogP contribution is -2.39. The van der Waals surface area contributed by atoms with Gasteiger partial charge in [0.15, 0.2) is 23.0 Å². The van der Waals surface area contributed by atoms with E-state index in [-0.39, 0.29) is 18.0 Å². The molecule has 9 nitrogen and oxygen atoms in total. The van der Waals surface area contributed by atoms with Crippen LogP contribution in [0.3, 0.4) is 0 Å². The molecule has 32 heavy (non-hydrogen) atoms. The third-order valence-electron chi connectivity index (χ3n) is 5.71. The molecule has 2 heterocycles. The Balaban J connectivity index is 1.58. The number of aromatic nitrogens is 2. The number of amides is 1. The maximum absolute atomic E-state index is 13.0. The highest BCUT2D eigenvalue weighted by Crippen LogP contribution is 2.33. The molecule has 0 aliphatic carbocycles. The van der Waals surface area contributed by atoms with Gasteiger partial charge in [-0.1, -0.05) is 0 Å². The summed E-state index contributed by atoms with van der Waals surface area (Å²) in [6.07, 6.45) is 2.09. The van der Waals surface area contributed by atoms with Crippen molar-refractivity contribution >= 4 is 16.8 Å². The summed E-state index contributed by atoms with van der Waals surface area (Å²) in [4.78, 5) is 32.1. The quantitative estimate of drug-likeness (QED) is 0.580. The minimum Gasteiger partial charge on any atom is -0.493 e.